The van der Waals surface area contributed by atoms with Gasteiger partial charge in [0.25, 0.3) is 11.8 Å². The fraction of sp³-hybridized carbons (Fsp3) is 0.167. The Labute approximate surface area is 150 Å². The Morgan fingerprint density at radius 3 is 2.16 bits per heavy atom. The molecule has 2 heterocycles. The van der Waals surface area contributed by atoms with Crippen LogP contribution in [0.4, 0.5) is 0 Å². The zero-order chi connectivity index (χ0) is 18.1. The van der Waals surface area contributed by atoms with Crippen molar-refractivity contribution in [1.29, 1.82) is 0 Å². The molecule has 1 aliphatic heterocycles. The van der Waals surface area contributed by atoms with E-state index in [0.717, 1.165) is 17.1 Å². The van der Waals surface area contributed by atoms with E-state index in [9.17, 15) is 9.59 Å². The van der Waals surface area contributed by atoms with Gasteiger partial charge in [-0.2, -0.15) is 0 Å². The second kappa shape index (κ2) is 6.52. The minimum atomic E-state index is -0.407. The van der Waals surface area contributed by atoms with Crippen LogP contribution in [0.5, 0.6) is 5.75 Å². The number of thiocarbonyl (C=S) groups is 1. The molecule has 0 bridgehead atoms. The van der Waals surface area contributed by atoms with Crippen molar-refractivity contribution in [3.63, 3.8) is 0 Å². The first kappa shape index (κ1) is 16.9. The number of aromatic nitrogens is 1. The third kappa shape index (κ3) is 2.94. The molecule has 6 nitrogen and oxygen atoms in total. The Kier molecular flexibility index (Phi) is 4.41. The molecule has 0 spiro atoms. The van der Waals surface area contributed by atoms with E-state index in [4.69, 9.17) is 17.0 Å². The van der Waals surface area contributed by atoms with Crippen LogP contribution in [0.15, 0.2) is 48.2 Å². The number of rotatable bonds is 3. The van der Waals surface area contributed by atoms with Crippen LogP contribution in [-0.4, -0.2) is 52.5 Å². The molecule has 2 amide bonds. The molecule has 0 unspecified atom stereocenters. The van der Waals surface area contributed by atoms with Crippen LogP contribution in [0.3, 0.4) is 0 Å². The third-order valence-electron chi connectivity index (χ3n) is 4.07. The summed E-state index contributed by atoms with van der Waals surface area (Å²) in [7, 11) is 4.73. The fourth-order valence-corrected chi connectivity index (χ4v) is 2.78. The van der Waals surface area contributed by atoms with E-state index in [1.165, 1.54) is 9.80 Å². The van der Waals surface area contributed by atoms with Gasteiger partial charge < -0.3 is 9.30 Å². The maximum absolute atomic E-state index is 12.4. The van der Waals surface area contributed by atoms with Crippen molar-refractivity contribution in [3.05, 3.63) is 53.9 Å². The van der Waals surface area contributed by atoms with Gasteiger partial charge >= 0.3 is 0 Å². The minimum Gasteiger partial charge on any atom is -0.497 e. The van der Waals surface area contributed by atoms with E-state index >= 15 is 0 Å². The van der Waals surface area contributed by atoms with Crippen LogP contribution in [0.2, 0.25) is 0 Å². The molecule has 0 atom stereocenters. The summed E-state index contributed by atoms with van der Waals surface area (Å²) in [6.07, 6.45) is 3.45. The van der Waals surface area contributed by atoms with Crippen LogP contribution in [0.1, 0.15) is 5.69 Å². The number of benzene rings is 1. The van der Waals surface area contributed by atoms with Crippen LogP contribution in [-0.2, 0) is 9.59 Å². The molecule has 1 fully saturated rings. The van der Waals surface area contributed by atoms with Gasteiger partial charge in [-0.15, -0.1) is 0 Å². The Morgan fingerprint density at radius 1 is 1.00 bits per heavy atom. The zero-order valence-electron chi connectivity index (χ0n) is 14.1. The first-order chi connectivity index (χ1) is 11.9. The molecular formula is C18H17N3O3S. The molecule has 1 aromatic heterocycles. The minimum absolute atomic E-state index is 0.0760. The Morgan fingerprint density at radius 2 is 1.60 bits per heavy atom. The molecular weight excluding hydrogens is 338 g/mol. The average molecular weight is 355 g/mol. The number of carbonyl (C=O) groups excluding carboxylic acids is 2. The SMILES string of the molecule is COc1ccc(-n2cccc2C=C2C(=O)N(C)C(=S)N(C)C2=O)cc1. The number of likely N-dealkylation sites (N-methyl/N-ethyl adjacent to an activating group) is 2. The number of carbonyl (C=O) groups is 2. The lowest BCUT2D eigenvalue weighted by Crippen LogP contribution is -2.52. The number of nitrogens with zero attached hydrogens (tertiary/aromatic N) is 3. The first-order valence-corrected chi connectivity index (χ1v) is 7.98. The van der Waals surface area contributed by atoms with Crippen LogP contribution in [0.25, 0.3) is 11.8 Å². The van der Waals surface area contributed by atoms with Crippen molar-refractivity contribution in [2.75, 3.05) is 21.2 Å². The van der Waals surface area contributed by atoms with Crippen LogP contribution < -0.4 is 4.74 Å². The van der Waals surface area contributed by atoms with E-state index < -0.39 is 11.8 Å². The van der Waals surface area contributed by atoms with E-state index in [2.05, 4.69) is 0 Å². The molecule has 0 aliphatic carbocycles. The Hall–Kier alpha value is -2.93. The third-order valence-corrected chi connectivity index (χ3v) is 4.61. The Bertz CT molecular complexity index is 857. The number of hydrogen-bond donors (Lipinski definition) is 0. The fourth-order valence-electron chi connectivity index (χ4n) is 2.61. The molecule has 0 saturated carbocycles. The van der Waals surface area contributed by atoms with Gasteiger partial charge in [-0.1, -0.05) is 0 Å². The predicted molar refractivity (Wildman–Crippen MR) is 98.4 cm³/mol. The van der Waals surface area contributed by atoms with E-state index in [1.807, 2.05) is 47.2 Å². The van der Waals surface area contributed by atoms with E-state index in [1.54, 1.807) is 27.3 Å². The quantitative estimate of drug-likeness (QED) is 0.481. The lowest BCUT2D eigenvalue weighted by atomic mass is 10.1. The van der Waals surface area contributed by atoms with Crippen molar-refractivity contribution >= 4 is 35.2 Å². The van der Waals surface area contributed by atoms with Crippen LogP contribution >= 0.6 is 12.2 Å². The largest absolute Gasteiger partial charge is 0.497 e. The second-order valence-corrected chi connectivity index (χ2v) is 5.94. The molecule has 2 aromatic rings. The summed E-state index contributed by atoms with van der Waals surface area (Å²) in [4.78, 5) is 27.5. The van der Waals surface area contributed by atoms with E-state index in [-0.39, 0.29) is 10.7 Å². The summed E-state index contributed by atoms with van der Waals surface area (Å²) >= 11 is 5.10. The highest BCUT2D eigenvalue weighted by molar-refractivity contribution is 7.80. The summed E-state index contributed by atoms with van der Waals surface area (Å²) in [5.74, 6) is -0.0589. The zero-order valence-corrected chi connectivity index (χ0v) is 14.9. The van der Waals surface area contributed by atoms with Crippen molar-refractivity contribution in [1.82, 2.24) is 14.4 Å². The smallest absolute Gasteiger partial charge is 0.265 e. The van der Waals surface area contributed by atoms with Gasteiger partial charge in [0.2, 0.25) is 0 Å². The summed E-state index contributed by atoms with van der Waals surface area (Å²) in [5, 5.41) is 0.192. The number of ether oxygens (including phenoxy) is 1. The van der Waals surface area contributed by atoms with Crippen LogP contribution in [0, 0.1) is 0 Å². The molecule has 1 aliphatic rings. The maximum atomic E-state index is 12.4. The molecule has 0 radical (unpaired) electrons. The summed E-state index contributed by atoms with van der Waals surface area (Å²) in [6.45, 7) is 0. The summed E-state index contributed by atoms with van der Waals surface area (Å²) < 4.78 is 7.06. The van der Waals surface area contributed by atoms with Gasteiger partial charge in [0.15, 0.2) is 5.11 Å². The molecule has 3 rings (SSSR count). The predicted octanol–water partition coefficient (Wildman–Crippen LogP) is 2.08. The van der Waals surface area contributed by atoms with Gasteiger partial charge in [-0.25, -0.2) is 0 Å². The van der Waals surface area contributed by atoms with Gasteiger partial charge in [0.05, 0.1) is 7.11 Å². The molecule has 128 valence electrons. The first-order valence-electron chi connectivity index (χ1n) is 7.57. The lowest BCUT2D eigenvalue weighted by Gasteiger charge is -2.31. The number of hydrogen-bond acceptors (Lipinski definition) is 4. The molecule has 1 saturated heterocycles. The number of methoxy groups -OCH3 is 1. The molecule has 1 aromatic carbocycles. The number of amides is 2. The van der Waals surface area contributed by atoms with Gasteiger partial charge in [-0.05, 0) is 54.7 Å². The molecule has 0 N–H and O–H groups in total. The molecule has 7 heteroatoms. The van der Waals surface area contributed by atoms with Crippen molar-refractivity contribution < 1.29 is 14.3 Å². The Balaban J connectivity index is 2.02. The summed E-state index contributed by atoms with van der Waals surface area (Å²) in [6, 6.07) is 11.2. The maximum Gasteiger partial charge on any atom is 0.265 e. The van der Waals surface area contributed by atoms with E-state index in [0.29, 0.717) is 0 Å². The highest BCUT2D eigenvalue weighted by Gasteiger charge is 2.35. The van der Waals surface area contributed by atoms with Crippen molar-refractivity contribution in [3.8, 4) is 11.4 Å². The lowest BCUT2D eigenvalue weighted by molar-refractivity contribution is -0.132. The standard InChI is InChI=1S/C18H17N3O3S/c1-19-16(22)15(17(23)20(2)18(19)25)11-13-5-4-10-21(13)12-6-8-14(24-3)9-7-12/h4-11H,1-3H3. The summed E-state index contributed by atoms with van der Waals surface area (Å²) in [5.41, 5.74) is 1.69. The molecule has 25 heavy (non-hydrogen) atoms. The highest BCUT2D eigenvalue weighted by Crippen LogP contribution is 2.22. The highest BCUT2D eigenvalue weighted by atomic mass is 32.1. The normalized spacial score (nSPS) is 15.0. The van der Waals surface area contributed by atoms with Gasteiger partial charge in [0.1, 0.15) is 11.3 Å². The van der Waals surface area contributed by atoms with Crippen molar-refractivity contribution in [2.24, 2.45) is 0 Å². The average Bonchev–Trinajstić information content (AvgIpc) is 3.10. The van der Waals surface area contributed by atoms with Gasteiger partial charge in [0, 0.05) is 31.7 Å². The topological polar surface area (TPSA) is 54.8 Å². The monoisotopic (exact) mass is 355 g/mol. The van der Waals surface area contributed by atoms with Crippen molar-refractivity contribution in [2.45, 2.75) is 0 Å². The second-order valence-electron chi connectivity index (χ2n) is 5.57. The van der Waals surface area contributed by atoms with Gasteiger partial charge in [-0.3, -0.25) is 19.4 Å².